The van der Waals surface area contributed by atoms with Crippen LogP contribution in [-0.2, 0) is 24.2 Å². The molecule has 0 aliphatic carbocycles. The Morgan fingerprint density at radius 1 is 1.12 bits per heavy atom. The van der Waals surface area contributed by atoms with Crippen LogP contribution in [-0.4, -0.2) is 56.2 Å². The van der Waals surface area contributed by atoms with Gasteiger partial charge in [0.05, 0.1) is 34.8 Å². The van der Waals surface area contributed by atoms with Crippen LogP contribution in [0.25, 0.3) is 11.3 Å². The molecule has 176 valence electrons. The zero-order valence-corrected chi connectivity index (χ0v) is 19.4. The van der Waals surface area contributed by atoms with Crippen molar-refractivity contribution in [3.05, 3.63) is 54.9 Å². The van der Waals surface area contributed by atoms with E-state index in [2.05, 4.69) is 20.6 Å². The highest BCUT2D eigenvalue weighted by Crippen LogP contribution is 2.32. The lowest BCUT2D eigenvalue weighted by molar-refractivity contribution is -0.125. The van der Waals surface area contributed by atoms with Crippen molar-refractivity contribution in [2.75, 3.05) is 41.5 Å². The summed E-state index contributed by atoms with van der Waals surface area (Å²) in [6.45, 7) is 2.33. The summed E-state index contributed by atoms with van der Waals surface area (Å²) in [4.78, 5) is 34.2. The first-order valence-electron chi connectivity index (χ1n) is 10.4. The second kappa shape index (κ2) is 9.57. The van der Waals surface area contributed by atoms with E-state index >= 15 is 0 Å². The number of anilines is 4. The molecule has 34 heavy (non-hydrogen) atoms. The van der Waals surface area contributed by atoms with Crippen molar-refractivity contribution in [3.8, 4) is 11.3 Å². The van der Waals surface area contributed by atoms with Crippen LogP contribution in [0.15, 0.2) is 59.8 Å². The van der Waals surface area contributed by atoms with Crippen LogP contribution in [0.1, 0.15) is 6.92 Å². The predicted octanol–water partition coefficient (Wildman–Crippen LogP) is 2.61. The van der Waals surface area contributed by atoms with Crippen LogP contribution in [0.4, 0.5) is 22.9 Å². The molecule has 3 aromatic rings. The van der Waals surface area contributed by atoms with Crippen LogP contribution >= 0.6 is 0 Å². The fourth-order valence-corrected chi connectivity index (χ4v) is 4.13. The molecule has 1 aliphatic heterocycles. The van der Waals surface area contributed by atoms with E-state index in [0.29, 0.717) is 47.3 Å². The van der Waals surface area contributed by atoms with E-state index in [4.69, 9.17) is 4.74 Å². The smallest absolute Gasteiger partial charge is 0.253 e. The van der Waals surface area contributed by atoms with E-state index in [1.165, 1.54) is 19.1 Å². The van der Waals surface area contributed by atoms with Gasteiger partial charge in [-0.2, -0.15) is 0 Å². The maximum Gasteiger partial charge on any atom is 0.253 e. The number of sulfone groups is 1. The quantitative estimate of drug-likeness (QED) is 0.549. The van der Waals surface area contributed by atoms with Crippen LogP contribution in [0.3, 0.4) is 0 Å². The Hall–Kier alpha value is -3.83. The second-order valence-corrected chi connectivity index (χ2v) is 9.74. The topological polar surface area (TPSA) is 131 Å². The first-order valence-corrected chi connectivity index (χ1v) is 12.3. The third-order valence-corrected chi connectivity index (χ3v) is 6.18. The molecule has 4 rings (SSSR count). The minimum Gasteiger partial charge on any atom is -0.370 e. The van der Waals surface area contributed by atoms with Gasteiger partial charge in [0.2, 0.25) is 5.91 Å². The molecule has 1 aromatic carbocycles. The SMILES string of the molecule is CC(=O)Nc1cc(Nc2cccc(S(C)(=O)=O)c2)c(-c2ccc(N3CCOCC3=O)cn2)cn1. The zero-order chi connectivity index (χ0) is 24.3. The normalized spacial score (nSPS) is 14.1. The average molecular weight is 482 g/mol. The molecule has 0 atom stereocenters. The van der Waals surface area contributed by atoms with E-state index in [1.54, 1.807) is 47.6 Å². The lowest BCUT2D eigenvalue weighted by Gasteiger charge is -2.26. The summed E-state index contributed by atoms with van der Waals surface area (Å²) in [6, 6.07) is 11.6. The van der Waals surface area contributed by atoms with Crippen LogP contribution in [0.2, 0.25) is 0 Å². The number of morpholine rings is 1. The summed E-state index contributed by atoms with van der Waals surface area (Å²) in [6.07, 6.45) is 4.31. The number of hydrogen-bond donors (Lipinski definition) is 2. The predicted molar refractivity (Wildman–Crippen MR) is 128 cm³/mol. The van der Waals surface area contributed by atoms with Gasteiger partial charge < -0.3 is 20.3 Å². The molecule has 2 aromatic heterocycles. The molecular weight excluding hydrogens is 458 g/mol. The molecule has 0 bridgehead atoms. The molecule has 1 fully saturated rings. The van der Waals surface area contributed by atoms with Crippen molar-refractivity contribution in [2.45, 2.75) is 11.8 Å². The Bertz CT molecular complexity index is 1340. The summed E-state index contributed by atoms with van der Waals surface area (Å²) >= 11 is 0. The number of carbonyl (C=O) groups excluding carboxylic acids is 2. The van der Waals surface area contributed by atoms with Gasteiger partial charge in [0.25, 0.3) is 5.91 Å². The minimum absolute atomic E-state index is 0.0386. The summed E-state index contributed by atoms with van der Waals surface area (Å²) in [7, 11) is -3.39. The average Bonchev–Trinajstić information content (AvgIpc) is 2.79. The van der Waals surface area contributed by atoms with Gasteiger partial charge in [0.1, 0.15) is 12.4 Å². The number of aromatic nitrogens is 2. The molecule has 0 saturated carbocycles. The summed E-state index contributed by atoms with van der Waals surface area (Å²) in [5.41, 5.74) is 2.97. The van der Waals surface area contributed by atoms with E-state index < -0.39 is 9.84 Å². The van der Waals surface area contributed by atoms with Gasteiger partial charge >= 0.3 is 0 Å². The Morgan fingerprint density at radius 3 is 2.62 bits per heavy atom. The highest BCUT2D eigenvalue weighted by molar-refractivity contribution is 7.90. The van der Waals surface area contributed by atoms with Crippen molar-refractivity contribution < 1.29 is 22.7 Å². The molecule has 0 spiro atoms. The highest BCUT2D eigenvalue weighted by atomic mass is 32.2. The van der Waals surface area contributed by atoms with Gasteiger partial charge in [-0.05, 0) is 30.3 Å². The van der Waals surface area contributed by atoms with Crippen molar-refractivity contribution >= 4 is 44.5 Å². The zero-order valence-electron chi connectivity index (χ0n) is 18.6. The van der Waals surface area contributed by atoms with Gasteiger partial charge in [-0.15, -0.1) is 0 Å². The third-order valence-electron chi connectivity index (χ3n) is 5.07. The molecular formula is C23H23N5O5S. The molecule has 1 saturated heterocycles. The van der Waals surface area contributed by atoms with Gasteiger partial charge in [-0.3, -0.25) is 14.6 Å². The molecule has 3 heterocycles. The first-order chi connectivity index (χ1) is 16.2. The minimum atomic E-state index is -3.39. The van der Waals surface area contributed by atoms with E-state index in [-0.39, 0.29) is 23.3 Å². The third kappa shape index (κ3) is 5.38. The van der Waals surface area contributed by atoms with Gasteiger partial charge in [0, 0.05) is 43.2 Å². The fraction of sp³-hybridized carbons (Fsp3) is 0.217. The Morgan fingerprint density at radius 2 is 1.94 bits per heavy atom. The van der Waals surface area contributed by atoms with E-state index in [1.807, 2.05) is 0 Å². The lowest BCUT2D eigenvalue weighted by atomic mass is 10.1. The van der Waals surface area contributed by atoms with Crippen molar-refractivity contribution in [1.82, 2.24) is 9.97 Å². The van der Waals surface area contributed by atoms with Crippen molar-refractivity contribution in [2.24, 2.45) is 0 Å². The molecule has 10 nitrogen and oxygen atoms in total. The Labute approximate surface area is 196 Å². The van der Waals surface area contributed by atoms with Crippen LogP contribution in [0, 0.1) is 0 Å². The number of ether oxygens (including phenoxy) is 1. The number of nitrogens with zero attached hydrogens (tertiary/aromatic N) is 3. The first kappa shape index (κ1) is 23.3. The lowest BCUT2D eigenvalue weighted by Crippen LogP contribution is -2.41. The molecule has 2 N–H and O–H groups in total. The number of pyridine rings is 2. The number of hydrogen-bond acceptors (Lipinski definition) is 8. The molecule has 0 unspecified atom stereocenters. The van der Waals surface area contributed by atoms with Crippen LogP contribution < -0.4 is 15.5 Å². The number of amides is 2. The maximum atomic E-state index is 12.1. The molecule has 11 heteroatoms. The highest BCUT2D eigenvalue weighted by Gasteiger charge is 2.21. The molecule has 0 radical (unpaired) electrons. The Balaban J connectivity index is 1.70. The number of benzene rings is 1. The summed E-state index contributed by atoms with van der Waals surface area (Å²) in [5.74, 6) is -0.0771. The second-order valence-electron chi connectivity index (χ2n) is 7.72. The van der Waals surface area contributed by atoms with Gasteiger partial charge in [-0.1, -0.05) is 6.07 Å². The molecule has 2 amide bonds. The summed E-state index contributed by atoms with van der Waals surface area (Å²) < 4.78 is 29.1. The van der Waals surface area contributed by atoms with Crippen molar-refractivity contribution in [3.63, 3.8) is 0 Å². The number of carbonyl (C=O) groups is 2. The van der Waals surface area contributed by atoms with E-state index in [0.717, 1.165) is 6.26 Å². The maximum absolute atomic E-state index is 12.1. The van der Waals surface area contributed by atoms with E-state index in [9.17, 15) is 18.0 Å². The largest absolute Gasteiger partial charge is 0.370 e. The molecule has 1 aliphatic rings. The Kier molecular flexibility index (Phi) is 6.57. The van der Waals surface area contributed by atoms with Gasteiger partial charge in [-0.25, -0.2) is 13.4 Å². The van der Waals surface area contributed by atoms with Crippen LogP contribution in [0.5, 0.6) is 0 Å². The van der Waals surface area contributed by atoms with Crippen molar-refractivity contribution in [1.29, 1.82) is 0 Å². The fourth-order valence-electron chi connectivity index (χ4n) is 3.47. The number of nitrogens with one attached hydrogen (secondary N) is 2. The standard InChI is InChI=1S/C23H23N5O5S/c1-15(29)26-22-11-21(27-16-4-3-5-18(10-16)34(2,31)32)19(13-25-22)20-7-6-17(12-24-20)28-8-9-33-14-23(28)30/h3-7,10-13H,8-9,14H2,1-2H3,(H2,25,26,27,29). The monoisotopic (exact) mass is 481 g/mol. The summed E-state index contributed by atoms with van der Waals surface area (Å²) in [5, 5.41) is 5.85. The van der Waals surface area contributed by atoms with Gasteiger partial charge in [0.15, 0.2) is 9.84 Å². The number of rotatable bonds is 6.